The average molecular weight is 450 g/mol. The maximum absolute atomic E-state index is 13.8. The minimum atomic E-state index is -4.92. The number of fused-ring (bicyclic) bond motifs is 1. The third-order valence-electron chi connectivity index (χ3n) is 4.74. The van der Waals surface area contributed by atoms with E-state index in [2.05, 4.69) is 26.0 Å². The molecule has 2 heterocycles. The van der Waals surface area contributed by atoms with Crippen molar-refractivity contribution in [3.05, 3.63) is 70.2 Å². The second kappa shape index (κ2) is 6.56. The predicted octanol–water partition coefficient (Wildman–Crippen LogP) is 5.17. The van der Waals surface area contributed by atoms with Crippen molar-refractivity contribution < 1.29 is 18.3 Å². The second-order valence-corrected chi connectivity index (χ2v) is 7.59. The molecular weight excluding hydrogens is 435 g/mol. The summed E-state index contributed by atoms with van der Waals surface area (Å²) in [5, 5.41) is 16.2. The lowest BCUT2D eigenvalue weighted by Crippen LogP contribution is -2.55. The van der Waals surface area contributed by atoms with E-state index < -0.39 is 18.3 Å². The lowest BCUT2D eigenvalue weighted by Gasteiger charge is -2.33. The Morgan fingerprint density at radius 2 is 1.79 bits per heavy atom. The normalized spacial score (nSPS) is 19.9. The first-order valence-corrected chi connectivity index (χ1v) is 9.27. The summed E-state index contributed by atoms with van der Waals surface area (Å²) in [6.07, 6.45) is -5.61. The molecule has 0 saturated carbocycles. The third kappa shape index (κ3) is 3.06. The maximum atomic E-state index is 13.8. The van der Waals surface area contributed by atoms with E-state index in [-0.39, 0.29) is 11.5 Å². The van der Waals surface area contributed by atoms with Crippen molar-refractivity contribution in [2.24, 2.45) is 5.10 Å². The summed E-state index contributed by atoms with van der Waals surface area (Å²) in [7, 11) is 0. The first-order chi connectivity index (χ1) is 13.2. The molecular formula is C20H15BrF3N3O. The molecule has 1 aromatic heterocycles. The van der Waals surface area contributed by atoms with Gasteiger partial charge in [0.05, 0.1) is 17.6 Å². The van der Waals surface area contributed by atoms with E-state index in [0.717, 1.165) is 15.4 Å². The Kier molecular flexibility index (Phi) is 4.43. The van der Waals surface area contributed by atoms with Crippen molar-refractivity contribution >= 4 is 38.4 Å². The quantitative estimate of drug-likeness (QED) is 0.586. The van der Waals surface area contributed by atoms with Crippen LogP contribution in [0.5, 0.6) is 0 Å². The molecule has 3 aromatic rings. The zero-order chi connectivity index (χ0) is 20.1. The number of para-hydroxylation sites is 1. The van der Waals surface area contributed by atoms with Crippen molar-refractivity contribution in [3.63, 3.8) is 0 Å². The summed E-state index contributed by atoms with van der Waals surface area (Å²) in [5.41, 5.74) is -1.24. The topological polar surface area (TPSA) is 48.7 Å². The fourth-order valence-corrected chi connectivity index (χ4v) is 3.51. The number of benzene rings is 2. The van der Waals surface area contributed by atoms with Crippen molar-refractivity contribution in [1.29, 1.82) is 0 Å². The van der Waals surface area contributed by atoms with Gasteiger partial charge in [-0.25, -0.2) is 9.99 Å². The molecule has 1 N–H and O–H groups in total. The molecule has 1 aliphatic rings. The van der Waals surface area contributed by atoms with Crippen molar-refractivity contribution in [2.75, 3.05) is 5.01 Å². The first-order valence-electron chi connectivity index (χ1n) is 8.48. The molecule has 0 spiro atoms. The van der Waals surface area contributed by atoms with Crippen LogP contribution in [0.2, 0.25) is 0 Å². The molecule has 144 valence electrons. The highest BCUT2D eigenvalue weighted by atomic mass is 79.9. The highest BCUT2D eigenvalue weighted by Crippen LogP contribution is 2.43. The summed E-state index contributed by atoms with van der Waals surface area (Å²) in [6, 6.07) is 15.4. The summed E-state index contributed by atoms with van der Waals surface area (Å²) >= 11 is 3.30. The fraction of sp³-hybridized carbons (Fsp3) is 0.200. The van der Waals surface area contributed by atoms with E-state index in [0.29, 0.717) is 16.1 Å². The molecule has 8 heteroatoms. The van der Waals surface area contributed by atoms with Crippen LogP contribution < -0.4 is 5.01 Å². The van der Waals surface area contributed by atoms with Gasteiger partial charge in [-0.3, -0.25) is 0 Å². The molecule has 0 aliphatic carbocycles. The van der Waals surface area contributed by atoms with E-state index in [1.54, 1.807) is 43.3 Å². The molecule has 1 atom stereocenters. The van der Waals surface area contributed by atoms with Crippen LogP contribution in [-0.2, 0) is 0 Å². The monoisotopic (exact) mass is 449 g/mol. The molecule has 28 heavy (non-hydrogen) atoms. The van der Waals surface area contributed by atoms with E-state index >= 15 is 0 Å². The van der Waals surface area contributed by atoms with E-state index in [4.69, 9.17) is 0 Å². The van der Waals surface area contributed by atoms with Crippen molar-refractivity contribution in [2.45, 2.75) is 25.2 Å². The van der Waals surface area contributed by atoms with Crippen molar-refractivity contribution in [1.82, 2.24) is 4.98 Å². The van der Waals surface area contributed by atoms with Gasteiger partial charge in [-0.2, -0.15) is 18.3 Å². The van der Waals surface area contributed by atoms with Crippen LogP contribution in [-0.4, -0.2) is 27.7 Å². The predicted molar refractivity (Wildman–Crippen MR) is 105 cm³/mol. The lowest BCUT2D eigenvalue weighted by atomic mass is 10.0. The first kappa shape index (κ1) is 18.9. The number of aliphatic hydroxyl groups is 1. The number of halogens is 4. The summed E-state index contributed by atoms with van der Waals surface area (Å²) in [5.74, 6) is -0.0527. The molecule has 0 saturated heterocycles. The summed E-state index contributed by atoms with van der Waals surface area (Å²) in [6.45, 7) is 1.79. The Morgan fingerprint density at radius 3 is 2.46 bits per heavy atom. The number of hydrogen-bond acceptors (Lipinski definition) is 4. The average Bonchev–Trinajstić information content (AvgIpc) is 3.01. The number of aryl methyl sites for hydroxylation is 1. The van der Waals surface area contributed by atoms with Gasteiger partial charge in [0.2, 0.25) is 0 Å². The molecule has 4 rings (SSSR count). The van der Waals surface area contributed by atoms with Crippen LogP contribution in [0.25, 0.3) is 10.9 Å². The molecule has 1 aliphatic heterocycles. The number of nitrogens with zero attached hydrogens (tertiary/aromatic N) is 3. The Balaban J connectivity index is 1.87. The van der Waals surface area contributed by atoms with Crippen LogP contribution in [0, 0.1) is 6.92 Å². The summed E-state index contributed by atoms with van der Waals surface area (Å²) < 4.78 is 42.3. The van der Waals surface area contributed by atoms with Gasteiger partial charge >= 0.3 is 6.18 Å². The number of hydrogen-bond donors (Lipinski definition) is 1. The van der Waals surface area contributed by atoms with Gasteiger partial charge in [0, 0.05) is 9.86 Å². The SMILES string of the molecule is Cc1cc(N2N=C(c3ccc(Br)cc3)CC2(O)C(F)(F)F)nc2ccccc12. The fourth-order valence-electron chi connectivity index (χ4n) is 3.25. The van der Waals surface area contributed by atoms with Crippen molar-refractivity contribution in [3.8, 4) is 0 Å². The van der Waals surface area contributed by atoms with E-state index in [9.17, 15) is 18.3 Å². The van der Waals surface area contributed by atoms with Gasteiger partial charge in [0.1, 0.15) is 0 Å². The lowest BCUT2D eigenvalue weighted by molar-refractivity contribution is -0.254. The minimum Gasteiger partial charge on any atom is -0.362 e. The number of aromatic nitrogens is 1. The minimum absolute atomic E-state index is 0.0527. The van der Waals surface area contributed by atoms with E-state index in [1.165, 1.54) is 6.07 Å². The van der Waals surface area contributed by atoms with Gasteiger partial charge in [-0.1, -0.05) is 46.3 Å². The van der Waals surface area contributed by atoms with E-state index in [1.807, 2.05) is 12.1 Å². The number of hydrazone groups is 1. The number of rotatable bonds is 2. The van der Waals surface area contributed by atoms with Gasteiger partial charge in [0.25, 0.3) is 5.72 Å². The molecule has 0 amide bonds. The standard InChI is InChI=1S/C20H15BrF3N3O/c1-12-10-18(25-16-5-3-2-4-15(12)16)27-19(28,20(22,23)24)11-17(26-27)13-6-8-14(21)9-7-13/h2-10,28H,11H2,1H3. The number of pyridine rings is 1. The largest absolute Gasteiger partial charge is 0.438 e. The van der Waals surface area contributed by atoms with Crippen LogP contribution in [0.3, 0.4) is 0 Å². The summed E-state index contributed by atoms with van der Waals surface area (Å²) in [4.78, 5) is 4.32. The number of anilines is 1. The van der Waals surface area contributed by atoms with Gasteiger partial charge in [-0.15, -0.1) is 0 Å². The highest BCUT2D eigenvalue weighted by Gasteiger charge is 2.62. The Bertz CT molecular complexity index is 1080. The molecule has 0 radical (unpaired) electrons. The molecule has 2 aromatic carbocycles. The van der Waals surface area contributed by atoms with Crippen LogP contribution in [0.15, 0.2) is 64.2 Å². The van der Waals surface area contributed by atoms with Crippen LogP contribution in [0.4, 0.5) is 19.0 Å². The van der Waals surface area contributed by atoms with Gasteiger partial charge in [0.15, 0.2) is 5.82 Å². The highest BCUT2D eigenvalue weighted by molar-refractivity contribution is 9.10. The Morgan fingerprint density at radius 1 is 1.11 bits per heavy atom. The maximum Gasteiger partial charge on any atom is 0.438 e. The zero-order valence-electron chi connectivity index (χ0n) is 14.7. The molecule has 4 nitrogen and oxygen atoms in total. The second-order valence-electron chi connectivity index (χ2n) is 6.67. The zero-order valence-corrected chi connectivity index (χ0v) is 16.3. The third-order valence-corrected chi connectivity index (χ3v) is 5.27. The van der Waals surface area contributed by atoms with Gasteiger partial charge < -0.3 is 5.11 Å². The molecule has 0 fully saturated rings. The smallest absolute Gasteiger partial charge is 0.362 e. The number of alkyl halides is 3. The molecule has 0 bridgehead atoms. The van der Waals surface area contributed by atoms with Crippen LogP contribution >= 0.6 is 15.9 Å². The van der Waals surface area contributed by atoms with Gasteiger partial charge in [-0.05, 0) is 42.3 Å². The van der Waals surface area contributed by atoms with Crippen LogP contribution in [0.1, 0.15) is 17.5 Å². The molecule has 1 unspecified atom stereocenters. The Hall–Kier alpha value is -2.45. The Labute approximate surface area is 167 Å².